The van der Waals surface area contributed by atoms with Crippen molar-refractivity contribution < 1.29 is 14.3 Å². The van der Waals surface area contributed by atoms with Gasteiger partial charge in [-0.2, -0.15) is 0 Å². The molecule has 0 aromatic heterocycles. The average molecular weight is 268 g/mol. The van der Waals surface area contributed by atoms with E-state index >= 15 is 0 Å². The van der Waals surface area contributed by atoms with Gasteiger partial charge in [0.15, 0.2) is 0 Å². The third-order valence-electron chi connectivity index (χ3n) is 4.76. The van der Waals surface area contributed by atoms with Gasteiger partial charge in [0, 0.05) is 31.5 Å². The normalized spacial score (nSPS) is 32.6. The lowest BCUT2D eigenvalue weighted by molar-refractivity contribution is -0.141. The Morgan fingerprint density at radius 1 is 1.37 bits per heavy atom. The highest BCUT2D eigenvalue weighted by Crippen LogP contribution is 2.37. The second kappa shape index (κ2) is 6.85. The van der Waals surface area contributed by atoms with Crippen LogP contribution >= 0.6 is 0 Å². The zero-order valence-corrected chi connectivity index (χ0v) is 12.5. The fourth-order valence-corrected chi connectivity index (χ4v) is 3.47. The number of ether oxygens (including phenoxy) is 2. The van der Waals surface area contributed by atoms with Crippen molar-refractivity contribution in [1.82, 2.24) is 0 Å². The lowest BCUT2D eigenvalue weighted by atomic mass is 9.78. The van der Waals surface area contributed by atoms with E-state index in [9.17, 15) is 4.79 Å². The first-order valence-corrected chi connectivity index (χ1v) is 7.96. The molecule has 19 heavy (non-hydrogen) atoms. The quantitative estimate of drug-likeness (QED) is 0.741. The third kappa shape index (κ3) is 3.57. The maximum absolute atomic E-state index is 12.7. The predicted molar refractivity (Wildman–Crippen MR) is 75.2 cm³/mol. The molecular weight excluding hydrogens is 240 g/mol. The van der Waals surface area contributed by atoms with Gasteiger partial charge in [-0.25, -0.2) is 0 Å². The van der Waals surface area contributed by atoms with Gasteiger partial charge in [-0.15, -0.1) is 0 Å². The Bertz CT molecular complexity index is 294. The van der Waals surface area contributed by atoms with Gasteiger partial charge in [-0.3, -0.25) is 4.79 Å². The maximum Gasteiger partial charge on any atom is 0.139 e. The Hall–Kier alpha value is -0.410. The molecule has 0 radical (unpaired) electrons. The van der Waals surface area contributed by atoms with Gasteiger partial charge in [-0.1, -0.05) is 26.7 Å². The van der Waals surface area contributed by atoms with Crippen molar-refractivity contribution >= 4 is 5.78 Å². The van der Waals surface area contributed by atoms with Gasteiger partial charge in [0.05, 0.1) is 12.2 Å². The first-order valence-electron chi connectivity index (χ1n) is 7.96. The van der Waals surface area contributed by atoms with Crippen molar-refractivity contribution in [3.05, 3.63) is 0 Å². The highest BCUT2D eigenvalue weighted by Gasteiger charge is 2.43. The van der Waals surface area contributed by atoms with Crippen molar-refractivity contribution in [3.63, 3.8) is 0 Å². The van der Waals surface area contributed by atoms with Crippen LogP contribution in [0.5, 0.6) is 0 Å². The topological polar surface area (TPSA) is 35.5 Å². The molecule has 2 heterocycles. The minimum atomic E-state index is -0.137. The van der Waals surface area contributed by atoms with Crippen LogP contribution < -0.4 is 0 Å². The van der Waals surface area contributed by atoms with Crippen LogP contribution in [0.1, 0.15) is 58.8 Å². The molecule has 3 atom stereocenters. The minimum absolute atomic E-state index is 0.137. The van der Waals surface area contributed by atoms with Crippen LogP contribution in [0.2, 0.25) is 0 Å². The van der Waals surface area contributed by atoms with E-state index in [-0.39, 0.29) is 17.4 Å². The van der Waals surface area contributed by atoms with Crippen molar-refractivity contribution in [3.8, 4) is 0 Å². The average Bonchev–Trinajstić information content (AvgIpc) is 2.87. The Labute approximate surface area is 117 Å². The number of rotatable bonds is 6. The number of carbonyl (C=O) groups is 1. The van der Waals surface area contributed by atoms with Crippen LogP contribution in [0.4, 0.5) is 0 Å². The SMILES string of the molecule is CCCCC(CC)C(=O)C1CCOC2(CCOC2)C1. The van der Waals surface area contributed by atoms with E-state index in [0.29, 0.717) is 12.4 Å². The van der Waals surface area contributed by atoms with Gasteiger partial charge in [-0.05, 0) is 25.7 Å². The summed E-state index contributed by atoms with van der Waals surface area (Å²) in [5.74, 6) is 0.963. The molecule has 2 fully saturated rings. The van der Waals surface area contributed by atoms with Gasteiger partial charge in [0.25, 0.3) is 0 Å². The zero-order valence-electron chi connectivity index (χ0n) is 12.5. The van der Waals surface area contributed by atoms with E-state index in [4.69, 9.17) is 9.47 Å². The second-order valence-electron chi connectivity index (χ2n) is 6.17. The standard InChI is InChI=1S/C16H28O3/c1-3-5-6-13(4-2)15(17)14-7-9-19-16(11-14)8-10-18-12-16/h13-14H,3-12H2,1-2H3. The number of carbonyl (C=O) groups excluding carboxylic acids is 1. The summed E-state index contributed by atoms with van der Waals surface area (Å²) >= 11 is 0. The van der Waals surface area contributed by atoms with E-state index < -0.39 is 0 Å². The Kier molecular flexibility index (Phi) is 5.40. The molecule has 0 aliphatic carbocycles. The first-order chi connectivity index (χ1) is 9.21. The largest absolute Gasteiger partial charge is 0.378 e. The molecule has 0 saturated carbocycles. The lowest BCUT2D eigenvalue weighted by Gasteiger charge is -2.37. The van der Waals surface area contributed by atoms with Crippen molar-refractivity contribution in [2.24, 2.45) is 11.8 Å². The highest BCUT2D eigenvalue weighted by atomic mass is 16.6. The van der Waals surface area contributed by atoms with Gasteiger partial charge in [0.2, 0.25) is 0 Å². The van der Waals surface area contributed by atoms with Crippen molar-refractivity contribution in [2.45, 2.75) is 64.4 Å². The van der Waals surface area contributed by atoms with Crippen molar-refractivity contribution in [1.29, 1.82) is 0 Å². The fourth-order valence-electron chi connectivity index (χ4n) is 3.47. The van der Waals surface area contributed by atoms with E-state index in [2.05, 4.69) is 13.8 Å². The molecule has 3 unspecified atom stereocenters. The number of Topliss-reactive ketones (excluding diaryl/α,β-unsaturated/α-hetero) is 1. The lowest BCUT2D eigenvalue weighted by Crippen LogP contribution is -2.43. The van der Waals surface area contributed by atoms with Crippen LogP contribution in [-0.4, -0.2) is 31.2 Å². The molecule has 1 spiro atoms. The molecule has 2 saturated heterocycles. The minimum Gasteiger partial charge on any atom is -0.378 e. The molecule has 0 aromatic rings. The van der Waals surface area contributed by atoms with Gasteiger partial charge < -0.3 is 9.47 Å². The molecule has 0 amide bonds. The molecular formula is C16H28O3. The number of ketones is 1. The van der Waals surface area contributed by atoms with Crippen LogP contribution in [0.25, 0.3) is 0 Å². The van der Waals surface area contributed by atoms with Crippen LogP contribution in [0.15, 0.2) is 0 Å². The molecule has 0 N–H and O–H groups in total. The summed E-state index contributed by atoms with van der Waals surface area (Å²) in [6.45, 7) is 6.53. The third-order valence-corrected chi connectivity index (χ3v) is 4.76. The van der Waals surface area contributed by atoms with E-state index in [1.165, 1.54) is 12.8 Å². The molecule has 3 nitrogen and oxygen atoms in total. The molecule has 2 aliphatic heterocycles. The summed E-state index contributed by atoms with van der Waals surface area (Å²) in [4.78, 5) is 12.7. The molecule has 2 aliphatic rings. The summed E-state index contributed by atoms with van der Waals surface area (Å²) in [7, 11) is 0. The summed E-state index contributed by atoms with van der Waals surface area (Å²) in [5.41, 5.74) is -0.137. The van der Waals surface area contributed by atoms with Crippen LogP contribution in [0, 0.1) is 11.8 Å². The van der Waals surface area contributed by atoms with E-state index in [1.54, 1.807) is 0 Å². The van der Waals surface area contributed by atoms with Crippen LogP contribution in [-0.2, 0) is 14.3 Å². The monoisotopic (exact) mass is 268 g/mol. The molecule has 3 heteroatoms. The number of hydrogen-bond acceptors (Lipinski definition) is 3. The highest BCUT2D eigenvalue weighted by molar-refractivity contribution is 5.83. The van der Waals surface area contributed by atoms with Gasteiger partial charge >= 0.3 is 0 Å². The Balaban J connectivity index is 1.93. The predicted octanol–water partition coefficient (Wildman–Crippen LogP) is 3.36. The molecule has 0 aromatic carbocycles. The Morgan fingerprint density at radius 3 is 2.84 bits per heavy atom. The molecule has 0 bridgehead atoms. The van der Waals surface area contributed by atoms with Crippen molar-refractivity contribution in [2.75, 3.05) is 19.8 Å². The van der Waals surface area contributed by atoms with E-state index in [1.807, 2.05) is 0 Å². The van der Waals surface area contributed by atoms with E-state index in [0.717, 1.165) is 45.3 Å². The molecule has 2 rings (SSSR count). The smallest absolute Gasteiger partial charge is 0.139 e. The number of unbranched alkanes of at least 4 members (excludes halogenated alkanes) is 1. The second-order valence-corrected chi connectivity index (χ2v) is 6.17. The first kappa shape index (κ1) is 15.0. The summed E-state index contributed by atoms with van der Waals surface area (Å²) in [6.07, 6.45) is 7.14. The summed E-state index contributed by atoms with van der Waals surface area (Å²) in [5, 5.41) is 0. The fraction of sp³-hybridized carbons (Fsp3) is 0.938. The number of hydrogen-bond donors (Lipinski definition) is 0. The Morgan fingerprint density at radius 2 is 2.21 bits per heavy atom. The summed E-state index contributed by atoms with van der Waals surface area (Å²) < 4.78 is 11.4. The maximum atomic E-state index is 12.7. The van der Waals surface area contributed by atoms with Gasteiger partial charge in [0.1, 0.15) is 5.78 Å². The molecule has 110 valence electrons. The zero-order chi connectivity index (χ0) is 13.7. The summed E-state index contributed by atoms with van der Waals surface area (Å²) in [6, 6.07) is 0. The van der Waals surface area contributed by atoms with Crippen LogP contribution in [0.3, 0.4) is 0 Å².